The van der Waals surface area contributed by atoms with Gasteiger partial charge in [0.2, 0.25) is 5.91 Å². The molecule has 2 amide bonds. The molecule has 1 saturated heterocycles. The summed E-state index contributed by atoms with van der Waals surface area (Å²) in [5.41, 5.74) is 0.184. The smallest absolute Gasteiger partial charge is 0.450 e. The molecule has 0 aliphatic carbocycles. The lowest BCUT2D eigenvalue weighted by atomic mass is 9.75. The van der Waals surface area contributed by atoms with E-state index in [0.717, 1.165) is 30.7 Å². The van der Waals surface area contributed by atoms with Gasteiger partial charge in [-0.1, -0.05) is 43.7 Å². The maximum atomic E-state index is 13.5. The summed E-state index contributed by atoms with van der Waals surface area (Å²) in [7, 11) is -0.609. The number of nitrogens with one attached hydrogen (secondary N) is 2. The molecule has 3 rings (SSSR count). The Morgan fingerprint density at radius 2 is 1.78 bits per heavy atom. The van der Waals surface area contributed by atoms with E-state index in [-0.39, 0.29) is 12.3 Å². The maximum Gasteiger partial charge on any atom is 0.481 e. The van der Waals surface area contributed by atoms with Gasteiger partial charge in [0, 0.05) is 18.0 Å². The molecule has 8 nitrogen and oxygen atoms in total. The van der Waals surface area contributed by atoms with Crippen LogP contribution in [0.3, 0.4) is 0 Å². The van der Waals surface area contributed by atoms with Crippen LogP contribution in [0.25, 0.3) is 0 Å². The largest absolute Gasteiger partial charge is 0.481 e. The quantitative estimate of drug-likeness (QED) is 0.288. The molecule has 10 heteroatoms. The number of carbonyl (C=O) groups is 2. The fraction of sp³-hybridized carbons (Fsp3) is 0.593. The van der Waals surface area contributed by atoms with E-state index in [0.29, 0.717) is 13.0 Å². The third-order valence-corrected chi connectivity index (χ3v) is 7.75. The molecule has 37 heavy (non-hydrogen) atoms. The average molecular weight is 530 g/mol. The molecular weight excluding hydrogens is 489 g/mol. The van der Waals surface area contributed by atoms with Gasteiger partial charge in [-0.25, -0.2) is 9.78 Å². The van der Waals surface area contributed by atoms with E-state index < -0.39 is 36.4 Å². The highest BCUT2D eigenvalue weighted by molar-refractivity contribution is 7.09. The van der Waals surface area contributed by atoms with Crippen LogP contribution in [0.5, 0.6) is 0 Å². The topological polar surface area (TPSA) is 98.8 Å². The summed E-state index contributed by atoms with van der Waals surface area (Å²) in [6.07, 6.45) is 5.39. The van der Waals surface area contributed by atoms with Crippen molar-refractivity contribution in [3.05, 3.63) is 52.5 Å². The van der Waals surface area contributed by atoms with Gasteiger partial charge >= 0.3 is 13.2 Å². The Morgan fingerprint density at radius 3 is 2.41 bits per heavy atom. The van der Waals surface area contributed by atoms with E-state index in [1.165, 1.54) is 16.9 Å². The first-order valence-electron chi connectivity index (χ1n) is 13.1. The highest BCUT2D eigenvalue weighted by atomic mass is 32.1. The van der Waals surface area contributed by atoms with Crippen LogP contribution in [0.2, 0.25) is 0 Å². The second-order valence-corrected chi connectivity index (χ2v) is 11.4. The Kier molecular flexibility index (Phi) is 10.5. The molecule has 2 aromatic rings. The third kappa shape index (κ3) is 8.55. The van der Waals surface area contributed by atoms with Crippen molar-refractivity contribution >= 4 is 30.5 Å². The number of unbranched alkanes of at least 4 members (excludes halogenated alkanes) is 1. The first kappa shape index (κ1) is 29.1. The average Bonchev–Trinajstić information content (AvgIpc) is 3.43. The van der Waals surface area contributed by atoms with Gasteiger partial charge in [0.1, 0.15) is 6.04 Å². The van der Waals surface area contributed by atoms with Crippen molar-refractivity contribution in [2.24, 2.45) is 0 Å². The number of nitrogens with zero attached hydrogens (tertiary/aromatic N) is 1. The van der Waals surface area contributed by atoms with Gasteiger partial charge in [-0.05, 0) is 58.9 Å². The Labute approximate surface area is 225 Å². The molecule has 202 valence electrons. The van der Waals surface area contributed by atoms with Gasteiger partial charge < -0.3 is 24.7 Å². The first-order valence-corrected chi connectivity index (χ1v) is 14.0. The Morgan fingerprint density at radius 1 is 1.08 bits per heavy atom. The van der Waals surface area contributed by atoms with E-state index >= 15 is 0 Å². The Balaban J connectivity index is 1.72. The maximum absolute atomic E-state index is 13.5. The van der Waals surface area contributed by atoms with E-state index in [4.69, 9.17) is 14.0 Å². The van der Waals surface area contributed by atoms with Crippen LogP contribution in [-0.2, 0) is 31.7 Å². The van der Waals surface area contributed by atoms with Gasteiger partial charge in [0.05, 0.1) is 28.8 Å². The molecule has 0 bridgehead atoms. The molecular formula is C27H40BN3O5S. The van der Waals surface area contributed by atoms with Gasteiger partial charge in [-0.15, -0.1) is 11.3 Å². The van der Waals surface area contributed by atoms with E-state index in [1.54, 1.807) is 6.20 Å². The minimum absolute atomic E-state index is 0.270. The molecule has 0 radical (unpaired) electrons. The number of hydrogen-bond donors (Lipinski definition) is 2. The van der Waals surface area contributed by atoms with Crippen molar-refractivity contribution in [2.75, 3.05) is 6.61 Å². The molecule has 1 aliphatic heterocycles. The van der Waals surface area contributed by atoms with Crippen LogP contribution < -0.4 is 10.6 Å². The summed E-state index contributed by atoms with van der Waals surface area (Å²) < 4.78 is 17.9. The second kappa shape index (κ2) is 13.4. The van der Waals surface area contributed by atoms with Gasteiger partial charge in [0.15, 0.2) is 0 Å². The molecule has 1 unspecified atom stereocenters. The van der Waals surface area contributed by atoms with Crippen molar-refractivity contribution in [2.45, 2.75) is 96.3 Å². The van der Waals surface area contributed by atoms with Crippen molar-refractivity contribution in [1.82, 2.24) is 15.6 Å². The zero-order chi connectivity index (χ0) is 26.9. The van der Waals surface area contributed by atoms with E-state index in [9.17, 15) is 9.59 Å². The fourth-order valence-electron chi connectivity index (χ4n) is 4.01. The lowest BCUT2D eigenvalue weighted by Gasteiger charge is -2.32. The minimum Gasteiger partial charge on any atom is -0.450 e. The van der Waals surface area contributed by atoms with Gasteiger partial charge in [-0.3, -0.25) is 4.79 Å². The number of aromatic nitrogens is 1. The molecule has 1 aliphatic rings. The van der Waals surface area contributed by atoms with Crippen LogP contribution >= 0.6 is 11.3 Å². The van der Waals surface area contributed by atoms with Crippen LogP contribution in [0.4, 0.5) is 4.79 Å². The normalized spacial score (nSPS) is 17.7. The van der Waals surface area contributed by atoms with Gasteiger partial charge in [0.25, 0.3) is 0 Å². The number of amides is 2. The van der Waals surface area contributed by atoms with E-state index in [1.807, 2.05) is 58.2 Å². The summed E-state index contributed by atoms with van der Waals surface area (Å²) >= 11 is 1.44. The lowest BCUT2D eigenvalue weighted by molar-refractivity contribution is -0.123. The van der Waals surface area contributed by atoms with Crippen LogP contribution in [0.1, 0.15) is 70.9 Å². The molecule has 2 N–H and O–H groups in total. The number of ether oxygens (including phenoxy) is 1. The molecule has 2 heterocycles. The lowest BCUT2D eigenvalue weighted by Crippen LogP contribution is -2.55. The minimum atomic E-state index is -0.834. The standard InChI is InChI=1S/C27H40BN3O5S/c1-6-7-17-34-25(33)30-21(19-23-29-16-18-37-23)24(32)31-22(15-11-14-20-12-9-8-10-13-20)28-35-26(2,3)27(4,5)36-28/h8-10,12-13,16,18,21-22H,6-7,11,14-15,17,19H2,1-5H3,(H,30,33)(H,31,32)/t21?,22-/m0/s1. The highest BCUT2D eigenvalue weighted by Crippen LogP contribution is 2.38. The van der Waals surface area contributed by atoms with Crippen molar-refractivity contribution in [1.29, 1.82) is 0 Å². The molecule has 1 fully saturated rings. The van der Waals surface area contributed by atoms with Crippen LogP contribution in [0.15, 0.2) is 41.9 Å². The number of hydrogen-bond acceptors (Lipinski definition) is 7. The number of thiazole rings is 1. The number of alkyl carbamates (subject to hydrolysis) is 1. The molecule has 2 atom stereocenters. The Hall–Kier alpha value is -2.43. The molecule has 1 aromatic carbocycles. The number of carbonyl (C=O) groups excluding carboxylic acids is 2. The predicted octanol–water partition coefficient (Wildman–Crippen LogP) is 4.72. The zero-order valence-electron chi connectivity index (χ0n) is 22.6. The van der Waals surface area contributed by atoms with Crippen LogP contribution in [-0.4, -0.2) is 53.9 Å². The molecule has 0 saturated carbocycles. The number of aryl methyl sites for hydroxylation is 1. The third-order valence-electron chi connectivity index (χ3n) is 6.95. The van der Waals surface area contributed by atoms with Crippen LogP contribution in [0, 0.1) is 0 Å². The summed E-state index contributed by atoms with van der Waals surface area (Å²) in [5.74, 6) is -0.712. The molecule has 0 spiro atoms. The highest BCUT2D eigenvalue weighted by Gasteiger charge is 2.54. The zero-order valence-corrected chi connectivity index (χ0v) is 23.4. The molecule has 1 aromatic heterocycles. The predicted molar refractivity (Wildman–Crippen MR) is 146 cm³/mol. The van der Waals surface area contributed by atoms with Crippen molar-refractivity contribution in [3.63, 3.8) is 0 Å². The van der Waals surface area contributed by atoms with Crippen molar-refractivity contribution in [3.8, 4) is 0 Å². The number of benzene rings is 1. The van der Waals surface area contributed by atoms with Gasteiger partial charge in [-0.2, -0.15) is 0 Å². The fourth-order valence-corrected chi connectivity index (χ4v) is 4.68. The Bertz CT molecular complexity index is 971. The summed E-state index contributed by atoms with van der Waals surface area (Å²) in [6, 6.07) is 9.41. The second-order valence-electron chi connectivity index (χ2n) is 10.4. The summed E-state index contributed by atoms with van der Waals surface area (Å²) in [4.78, 5) is 30.3. The first-order chi connectivity index (χ1) is 17.6. The SMILES string of the molecule is CCCCOC(=O)NC(Cc1nccs1)C(=O)N[C@@H](CCCc1ccccc1)B1OC(C)(C)C(C)(C)O1. The van der Waals surface area contributed by atoms with Crippen molar-refractivity contribution < 1.29 is 23.6 Å². The van der Waals surface area contributed by atoms with E-state index in [2.05, 4.69) is 27.8 Å². The summed E-state index contributed by atoms with van der Waals surface area (Å²) in [5, 5.41) is 8.46. The summed E-state index contributed by atoms with van der Waals surface area (Å²) in [6.45, 7) is 10.3. The number of rotatable bonds is 13. The monoisotopic (exact) mass is 529 g/mol.